The molecule has 0 aliphatic heterocycles. The number of fused-ring (bicyclic) bond motifs is 1. The number of anilines is 1. The Balaban J connectivity index is 2.02. The van der Waals surface area contributed by atoms with E-state index in [0.717, 1.165) is 24.3 Å². The van der Waals surface area contributed by atoms with Gasteiger partial charge in [0.25, 0.3) is 0 Å². The molecular weight excluding hydrogens is 316 g/mol. The number of pyridine rings is 1. The number of rotatable bonds is 6. The Morgan fingerprint density at radius 2 is 1.54 bits per heavy atom. The maximum Gasteiger partial charge on any atom is 0.0713 e. The lowest BCUT2D eigenvalue weighted by atomic mass is 10.0. The average molecular weight is 347 g/mol. The molecule has 2 aromatic carbocycles. The van der Waals surface area contributed by atoms with Crippen LogP contribution < -0.4 is 4.90 Å². The Labute approximate surface area is 157 Å². The molecule has 0 radical (unpaired) electrons. The molecule has 2 nitrogen and oxygen atoms in total. The van der Waals surface area contributed by atoms with E-state index in [1.54, 1.807) is 0 Å². The largest absolute Gasteiger partial charge is 0.371 e. The predicted octanol–water partition coefficient (Wildman–Crippen LogP) is 6.33. The number of aromatic nitrogens is 1. The Morgan fingerprint density at radius 1 is 0.846 bits per heavy atom. The van der Waals surface area contributed by atoms with Crippen LogP contribution >= 0.6 is 0 Å². The smallest absolute Gasteiger partial charge is 0.0713 e. The van der Waals surface area contributed by atoms with Crippen LogP contribution in [-0.2, 0) is 0 Å². The van der Waals surface area contributed by atoms with Crippen molar-refractivity contribution in [1.82, 2.24) is 4.98 Å². The highest BCUT2D eigenvalue weighted by Gasteiger charge is 2.13. The van der Waals surface area contributed by atoms with Crippen LogP contribution in [0.25, 0.3) is 22.2 Å². The van der Waals surface area contributed by atoms with Crippen LogP contribution in [0.15, 0.2) is 54.6 Å². The Hall–Kier alpha value is -2.35. The fourth-order valence-electron chi connectivity index (χ4n) is 3.47. The highest BCUT2D eigenvalue weighted by atomic mass is 15.1. The van der Waals surface area contributed by atoms with E-state index in [2.05, 4.69) is 94.1 Å². The van der Waals surface area contributed by atoms with Gasteiger partial charge in [0, 0.05) is 29.7 Å². The highest BCUT2D eigenvalue weighted by Crippen LogP contribution is 2.29. The predicted molar refractivity (Wildman–Crippen MR) is 114 cm³/mol. The second kappa shape index (κ2) is 7.90. The van der Waals surface area contributed by atoms with Crippen molar-refractivity contribution in [3.63, 3.8) is 0 Å². The molecule has 0 aliphatic carbocycles. The highest BCUT2D eigenvalue weighted by molar-refractivity contribution is 5.82. The number of benzene rings is 2. The molecule has 0 atom stereocenters. The van der Waals surface area contributed by atoms with Crippen LogP contribution in [0, 0.1) is 18.8 Å². The Bertz CT molecular complexity index is 870. The first kappa shape index (κ1) is 18.4. The lowest BCUT2D eigenvalue weighted by molar-refractivity contribution is 0.553. The molecule has 3 rings (SSSR count). The SMILES string of the molecule is Cc1ccc(N(CC(C)C)CC(C)C)cc1-c1ccc2ccccc2n1. The van der Waals surface area contributed by atoms with E-state index in [1.807, 2.05) is 0 Å². The molecule has 136 valence electrons. The molecule has 26 heavy (non-hydrogen) atoms. The summed E-state index contributed by atoms with van der Waals surface area (Å²) in [6.45, 7) is 13.5. The first-order chi connectivity index (χ1) is 12.4. The number of para-hydroxylation sites is 1. The molecule has 0 N–H and O–H groups in total. The minimum absolute atomic E-state index is 0.636. The minimum atomic E-state index is 0.636. The molecule has 2 heteroatoms. The summed E-state index contributed by atoms with van der Waals surface area (Å²) >= 11 is 0. The molecule has 0 saturated heterocycles. The van der Waals surface area contributed by atoms with E-state index in [1.165, 1.54) is 22.2 Å². The lowest BCUT2D eigenvalue weighted by Crippen LogP contribution is -2.31. The summed E-state index contributed by atoms with van der Waals surface area (Å²) in [5.74, 6) is 1.27. The van der Waals surface area contributed by atoms with Gasteiger partial charge in [0.1, 0.15) is 0 Å². The monoisotopic (exact) mass is 346 g/mol. The zero-order valence-electron chi connectivity index (χ0n) is 16.7. The van der Waals surface area contributed by atoms with Gasteiger partial charge in [0.2, 0.25) is 0 Å². The molecule has 3 aromatic rings. The molecule has 1 aromatic heterocycles. The summed E-state index contributed by atoms with van der Waals surface area (Å²) in [5.41, 5.74) is 5.90. The molecule has 0 bridgehead atoms. The van der Waals surface area contributed by atoms with Gasteiger partial charge < -0.3 is 4.90 Å². The standard InChI is InChI=1S/C24H30N2/c1-17(2)15-26(16-18(3)4)21-12-10-19(5)22(14-21)24-13-11-20-8-6-7-9-23(20)25-24/h6-14,17-18H,15-16H2,1-5H3. The second-order valence-electron chi connectivity index (χ2n) is 8.08. The fraction of sp³-hybridized carbons (Fsp3) is 0.375. The van der Waals surface area contributed by atoms with Gasteiger partial charge >= 0.3 is 0 Å². The van der Waals surface area contributed by atoms with Crippen LogP contribution in [0.4, 0.5) is 5.69 Å². The fourth-order valence-corrected chi connectivity index (χ4v) is 3.47. The third-order valence-corrected chi connectivity index (χ3v) is 4.63. The second-order valence-corrected chi connectivity index (χ2v) is 8.08. The van der Waals surface area contributed by atoms with Crippen molar-refractivity contribution in [3.05, 3.63) is 60.2 Å². The average Bonchev–Trinajstić information content (AvgIpc) is 2.60. The van der Waals surface area contributed by atoms with Gasteiger partial charge in [0.15, 0.2) is 0 Å². The van der Waals surface area contributed by atoms with Gasteiger partial charge in [-0.1, -0.05) is 58.0 Å². The van der Waals surface area contributed by atoms with Gasteiger partial charge in [0.05, 0.1) is 11.2 Å². The maximum atomic E-state index is 4.91. The molecule has 0 fully saturated rings. The van der Waals surface area contributed by atoms with Crippen molar-refractivity contribution in [1.29, 1.82) is 0 Å². The Morgan fingerprint density at radius 3 is 2.23 bits per heavy atom. The molecule has 0 amide bonds. The zero-order chi connectivity index (χ0) is 18.7. The zero-order valence-corrected chi connectivity index (χ0v) is 16.7. The van der Waals surface area contributed by atoms with E-state index in [-0.39, 0.29) is 0 Å². The summed E-state index contributed by atoms with van der Waals surface area (Å²) in [5, 5.41) is 1.19. The van der Waals surface area contributed by atoms with E-state index < -0.39 is 0 Å². The van der Waals surface area contributed by atoms with Crippen molar-refractivity contribution >= 4 is 16.6 Å². The molecule has 0 unspecified atom stereocenters. The summed E-state index contributed by atoms with van der Waals surface area (Å²) < 4.78 is 0. The van der Waals surface area contributed by atoms with Crippen molar-refractivity contribution in [2.75, 3.05) is 18.0 Å². The first-order valence-corrected chi connectivity index (χ1v) is 9.66. The molecule has 0 saturated carbocycles. The lowest BCUT2D eigenvalue weighted by Gasteiger charge is -2.29. The van der Waals surface area contributed by atoms with E-state index >= 15 is 0 Å². The van der Waals surface area contributed by atoms with E-state index in [4.69, 9.17) is 4.98 Å². The minimum Gasteiger partial charge on any atom is -0.371 e. The van der Waals surface area contributed by atoms with Crippen LogP contribution in [0.1, 0.15) is 33.3 Å². The van der Waals surface area contributed by atoms with E-state index in [0.29, 0.717) is 11.8 Å². The number of hydrogen-bond donors (Lipinski definition) is 0. The van der Waals surface area contributed by atoms with Crippen molar-refractivity contribution in [2.24, 2.45) is 11.8 Å². The first-order valence-electron chi connectivity index (χ1n) is 9.66. The van der Waals surface area contributed by atoms with Gasteiger partial charge in [-0.3, -0.25) is 0 Å². The summed E-state index contributed by atoms with van der Waals surface area (Å²) in [6.07, 6.45) is 0. The summed E-state index contributed by atoms with van der Waals surface area (Å²) in [6, 6.07) is 19.4. The van der Waals surface area contributed by atoms with E-state index in [9.17, 15) is 0 Å². The van der Waals surface area contributed by atoms with Crippen molar-refractivity contribution in [2.45, 2.75) is 34.6 Å². The number of aryl methyl sites for hydroxylation is 1. The van der Waals surface area contributed by atoms with Crippen molar-refractivity contribution < 1.29 is 0 Å². The summed E-state index contributed by atoms with van der Waals surface area (Å²) in [4.78, 5) is 7.42. The van der Waals surface area contributed by atoms with Gasteiger partial charge in [-0.15, -0.1) is 0 Å². The summed E-state index contributed by atoms with van der Waals surface area (Å²) in [7, 11) is 0. The molecule has 0 spiro atoms. The molecular formula is C24H30N2. The van der Waals surface area contributed by atoms with Gasteiger partial charge in [-0.2, -0.15) is 0 Å². The maximum absolute atomic E-state index is 4.91. The van der Waals surface area contributed by atoms with Crippen molar-refractivity contribution in [3.8, 4) is 11.3 Å². The normalized spacial score (nSPS) is 11.5. The quantitative estimate of drug-likeness (QED) is 0.518. The molecule has 1 heterocycles. The Kier molecular flexibility index (Phi) is 5.61. The molecule has 0 aliphatic rings. The number of hydrogen-bond acceptors (Lipinski definition) is 2. The topological polar surface area (TPSA) is 16.1 Å². The van der Waals surface area contributed by atoms with Crippen LogP contribution in [0.5, 0.6) is 0 Å². The van der Waals surface area contributed by atoms with Crippen LogP contribution in [-0.4, -0.2) is 18.1 Å². The van der Waals surface area contributed by atoms with Crippen LogP contribution in [0.2, 0.25) is 0 Å². The van der Waals surface area contributed by atoms with Gasteiger partial charge in [-0.05, 0) is 48.6 Å². The van der Waals surface area contributed by atoms with Crippen LogP contribution in [0.3, 0.4) is 0 Å². The number of nitrogens with zero attached hydrogens (tertiary/aromatic N) is 2. The van der Waals surface area contributed by atoms with Gasteiger partial charge in [-0.25, -0.2) is 4.98 Å². The third kappa shape index (κ3) is 4.24. The third-order valence-electron chi connectivity index (χ3n) is 4.63.